The minimum absolute atomic E-state index is 0.00766. The van der Waals surface area contributed by atoms with Crippen LogP contribution in [0, 0.1) is 0 Å². The second-order valence-electron chi connectivity index (χ2n) is 8.82. The second-order valence-corrected chi connectivity index (χ2v) is 8.82. The number of hydrogen-bond acceptors (Lipinski definition) is 4. The van der Waals surface area contributed by atoms with Gasteiger partial charge in [-0.05, 0) is 74.8 Å². The van der Waals surface area contributed by atoms with Crippen molar-refractivity contribution in [3.05, 3.63) is 59.2 Å². The van der Waals surface area contributed by atoms with E-state index in [2.05, 4.69) is 29.6 Å². The molecule has 0 spiro atoms. The predicted molar refractivity (Wildman–Crippen MR) is 128 cm³/mol. The van der Waals surface area contributed by atoms with E-state index >= 15 is 0 Å². The van der Waals surface area contributed by atoms with Crippen molar-refractivity contribution < 1.29 is 19.1 Å². The molecule has 1 N–H and O–H groups in total. The van der Waals surface area contributed by atoms with E-state index in [-0.39, 0.29) is 18.4 Å². The molecule has 2 aliphatic rings. The lowest BCUT2D eigenvalue weighted by Gasteiger charge is -2.26. The number of likely N-dealkylation sites (tertiary alicyclic amines) is 1. The first-order valence-electron chi connectivity index (χ1n) is 12.2. The van der Waals surface area contributed by atoms with E-state index in [4.69, 9.17) is 9.47 Å². The van der Waals surface area contributed by atoms with Gasteiger partial charge >= 0.3 is 0 Å². The fraction of sp³-hybridized carbons (Fsp3) is 0.481. The van der Waals surface area contributed by atoms with Crippen molar-refractivity contribution in [3.63, 3.8) is 0 Å². The maximum absolute atomic E-state index is 12.9. The molecule has 2 aromatic carbocycles. The van der Waals surface area contributed by atoms with Crippen molar-refractivity contribution in [1.29, 1.82) is 0 Å². The van der Waals surface area contributed by atoms with Crippen LogP contribution in [-0.4, -0.2) is 49.6 Å². The van der Waals surface area contributed by atoms with Gasteiger partial charge in [-0.1, -0.05) is 24.3 Å². The molecule has 1 fully saturated rings. The summed E-state index contributed by atoms with van der Waals surface area (Å²) in [5, 5.41) is 3.10. The molecule has 0 bridgehead atoms. The monoisotopic (exact) mass is 450 g/mol. The maximum Gasteiger partial charge on any atom is 0.260 e. The highest BCUT2D eigenvalue weighted by Gasteiger charge is 2.21. The summed E-state index contributed by atoms with van der Waals surface area (Å²) in [5.74, 6) is 1.18. The molecule has 4 rings (SSSR count). The molecule has 6 nitrogen and oxygen atoms in total. The van der Waals surface area contributed by atoms with Gasteiger partial charge in [-0.15, -0.1) is 0 Å². The Balaban J connectivity index is 1.37. The number of carbonyl (C=O) groups is 2. The van der Waals surface area contributed by atoms with Crippen LogP contribution in [0.1, 0.15) is 66.4 Å². The first-order valence-corrected chi connectivity index (χ1v) is 12.2. The first-order chi connectivity index (χ1) is 16.2. The fourth-order valence-corrected chi connectivity index (χ4v) is 4.80. The molecular formula is C27H34N2O4. The summed E-state index contributed by atoms with van der Waals surface area (Å²) in [4.78, 5) is 27.2. The van der Waals surface area contributed by atoms with Crippen molar-refractivity contribution in [2.24, 2.45) is 0 Å². The van der Waals surface area contributed by atoms with Gasteiger partial charge in [0.1, 0.15) is 0 Å². The smallest absolute Gasteiger partial charge is 0.260 e. The summed E-state index contributed by atoms with van der Waals surface area (Å²) in [6.07, 6.45) is 6.61. The zero-order valence-electron chi connectivity index (χ0n) is 19.5. The second kappa shape index (κ2) is 11.2. The van der Waals surface area contributed by atoms with Crippen LogP contribution in [0.25, 0.3) is 0 Å². The first kappa shape index (κ1) is 23.1. The summed E-state index contributed by atoms with van der Waals surface area (Å²) >= 11 is 0. The zero-order chi connectivity index (χ0) is 23.0. The normalized spacial score (nSPS) is 17.7. The van der Waals surface area contributed by atoms with Gasteiger partial charge in [0.25, 0.3) is 11.8 Å². The number of aryl methyl sites for hydroxylation is 1. The minimum atomic E-state index is -0.130. The lowest BCUT2D eigenvalue weighted by molar-refractivity contribution is -0.134. The lowest BCUT2D eigenvalue weighted by atomic mass is 9.83. The van der Waals surface area contributed by atoms with Crippen molar-refractivity contribution in [2.45, 2.75) is 51.4 Å². The van der Waals surface area contributed by atoms with Crippen molar-refractivity contribution in [2.75, 3.05) is 32.8 Å². The van der Waals surface area contributed by atoms with E-state index in [1.807, 2.05) is 11.8 Å². The average Bonchev–Trinajstić information content (AvgIpc) is 2.87. The largest absolute Gasteiger partial charge is 0.490 e. The van der Waals surface area contributed by atoms with Gasteiger partial charge in [0.15, 0.2) is 18.1 Å². The highest BCUT2D eigenvalue weighted by Crippen LogP contribution is 2.31. The Morgan fingerprint density at radius 3 is 2.64 bits per heavy atom. The highest BCUT2D eigenvalue weighted by atomic mass is 16.5. The Kier molecular flexibility index (Phi) is 7.87. The van der Waals surface area contributed by atoms with E-state index in [9.17, 15) is 9.59 Å². The molecule has 0 aromatic heterocycles. The third-order valence-electron chi connectivity index (χ3n) is 6.57. The van der Waals surface area contributed by atoms with Crippen LogP contribution in [0.2, 0.25) is 0 Å². The Morgan fingerprint density at radius 2 is 1.82 bits per heavy atom. The summed E-state index contributed by atoms with van der Waals surface area (Å²) in [5.41, 5.74) is 3.26. The Morgan fingerprint density at radius 1 is 1.00 bits per heavy atom. The summed E-state index contributed by atoms with van der Waals surface area (Å²) < 4.78 is 11.5. The lowest BCUT2D eigenvalue weighted by Crippen LogP contribution is -2.38. The molecule has 1 atom stereocenters. The van der Waals surface area contributed by atoms with Crippen LogP contribution < -0.4 is 14.8 Å². The maximum atomic E-state index is 12.9. The van der Waals surface area contributed by atoms with Crippen LogP contribution in [0.15, 0.2) is 42.5 Å². The number of rotatable bonds is 8. The average molecular weight is 451 g/mol. The van der Waals surface area contributed by atoms with E-state index < -0.39 is 0 Å². The van der Waals surface area contributed by atoms with Crippen LogP contribution in [0.5, 0.6) is 11.5 Å². The summed E-state index contributed by atoms with van der Waals surface area (Å²) in [7, 11) is 0. The van der Waals surface area contributed by atoms with Crippen LogP contribution >= 0.6 is 0 Å². The van der Waals surface area contributed by atoms with Gasteiger partial charge in [0.2, 0.25) is 0 Å². The number of amides is 2. The standard InChI is InChI=1S/C27H34N2O4/c1-2-32-25-17-21(13-14-24(25)33-19-26(30)29-15-6-3-7-16-29)27(31)28-18-22-11-8-10-20-9-4-5-12-23(20)22/h4-5,9,12-14,17,22H,2-3,6-8,10-11,15-16,18-19H2,1H3,(H,28,31). The van der Waals surface area contributed by atoms with E-state index in [1.165, 1.54) is 17.5 Å². The number of nitrogens with one attached hydrogen (secondary N) is 1. The number of ether oxygens (including phenoxy) is 2. The van der Waals surface area contributed by atoms with Crippen LogP contribution in [0.3, 0.4) is 0 Å². The third kappa shape index (κ3) is 5.86. The quantitative estimate of drug-likeness (QED) is 0.650. The predicted octanol–water partition coefficient (Wildman–Crippen LogP) is 4.33. The van der Waals surface area contributed by atoms with E-state index in [0.29, 0.717) is 36.1 Å². The molecule has 2 amide bonds. The molecule has 33 heavy (non-hydrogen) atoms. The molecule has 0 radical (unpaired) electrons. The van der Waals surface area contributed by atoms with Gasteiger partial charge in [-0.3, -0.25) is 9.59 Å². The van der Waals surface area contributed by atoms with Gasteiger partial charge in [0.05, 0.1) is 6.61 Å². The highest BCUT2D eigenvalue weighted by molar-refractivity contribution is 5.95. The topological polar surface area (TPSA) is 67.9 Å². The van der Waals surface area contributed by atoms with Crippen LogP contribution in [-0.2, 0) is 11.2 Å². The number of hydrogen-bond donors (Lipinski definition) is 1. The Labute approximate surface area is 196 Å². The number of piperidine rings is 1. The van der Waals surface area contributed by atoms with Crippen molar-refractivity contribution >= 4 is 11.8 Å². The number of benzene rings is 2. The van der Waals surface area contributed by atoms with Gasteiger partial charge in [0, 0.05) is 31.1 Å². The molecule has 1 unspecified atom stereocenters. The summed E-state index contributed by atoms with van der Waals surface area (Å²) in [6.45, 7) is 4.52. The van der Waals surface area contributed by atoms with Crippen LogP contribution in [0.4, 0.5) is 0 Å². The third-order valence-corrected chi connectivity index (χ3v) is 6.57. The van der Waals surface area contributed by atoms with E-state index in [1.54, 1.807) is 18.2 Å². The van der Waals surface area contributed by atoms with Crippen molar-refractivity contribution in [3.8, 4) is 11.5 Å². The molecule has 176 valence electrons. The van der Waals surface area contributed by atoms with Crippen molar-refractivity contribution in [1.82, 2.24) is 10.2 Å². The van der Waals surface area contributed by atoms with Gasteiger partial charge in [-0.2, -0.15) is 0 Å². The molecule has 0 saturated carbocycles. The zero-order valence-corrected chi connectivity index (χ0v) is 19.5. The minimum Gasteiger partial charge on any atom is -0.490 e. The molecule has 6 heteroatoms. The van der Waals surface area contributed by atoms with Gasteiger partial charge in [-0.25, -0.2) is 0 Å². The fourth-order valence-electron chi connectivity index (χ4n) is 4.80. The van der Waals surface area contributed by atoms with Gasteiger partial charge < -0.3 is 19.7 Å². The number of carbonyl (C=O) groups excluding carboxylic acids is 2. The molecule has 1 aliphatic heterocycles. The summed E-state index contributed by atoms with van der Waals surface area (Å²) in [6, 6.07) is 13.7. The molecule has 2 aromatic rings. The molecular weight excluding hydrogens is 416 g/mol. The molecule has 1 saturated heterocycles. The number of nitrogens with zero attached hydrogens (tertiary/aromatic N) is 1. The Hall–Kier alpha value is -3.02. The van der Waals surface area contributed by atoms with E-state index in [0.717, 1.165) is 45.2 Å². The SMILES string of the molecule is CCOc1cc(C(=O)NCC2CCCc3ccccc32)ccc1OCC(=O)N1CCCCC1. The number of fused-ring (bicyclic) bond motifs is 1. The Bertz CT molecular complexity index is 968. The molecule has 1 aliphatic carbocycles. The molecule has 1 heterocycles.